The van der Waals surface area contributed by atoms with Gasteiger partial charge in [-0.1, -0.05) is 28.4 Å². The predicted molar refractivity (Wildman–Crippen MR) is 83.6 cm³/mol. The number of halogens is 2. The summed E-state index contributed by atoms with van der Waals surface area (Å²) in [5.41, 5.74) is 0.730. The van der Waals surface area contributed by atoms with E-state index in [2.05, 4.69) is 5.16 Å². The normalized spacial score (nSPS) is 19.7. The molecule has 22 heavy (non-hydrogen) atoms. The topological polar surface area (TPSA) is 63.4 Å². The molecular formula is C14H14Cl2N2O3S. The first-order valence-corrected chi connectivity index (χ1v) is 8.99. The molecule has 0 bridgehead atoms. The van der Waals surface area contributed by atoms with Crippen molar-refractivity contribution in [1.29, 1.82) is 0 Å². The fourth-order valence-corrected chi connectivity index (χ4v) is 4.68. The summed E-state index contributed by atoms with van der Waals surface area (Å²) in [6.45, 7) is 2.24. The smallest absolute Gasteiger partial charge is 0.243 e. The molecule has 1 aliphatic heterocycles. The van der Waals surface area contributed by atoms with E-state index in [1.165, 1.54) is 22.5 Å². The minimum atomic E-state index is -3.66. The number of hydrogen-bond acceptors (Lipinski definition) is 4. The average Bonchev–Trinajstić information content (AvgIpc) is 3.10. The first kappa shape index (κ1) is 15.8. The summed E-state index contributed by atoms with van der Waals surface area (Å²) >= 11 is 11.8. The van der Waals surface area contributed by atoms with Crippen molar-refractivity contribution >= 4 is 33.2 Å². The van der Waals surface area contributed by atoms with Crippen molar-refractivity contribution in [2.24, 2.45) is 0 Å². The Hall–Kier alpha value is -1.08. The van der Waals surface area contributed by atoms with Gasteiger partial charge in [-0.05, 0) is 38.0 Å². The van der Waals surface area contributed by atoms with Crippen LogP contribution in [0.25, 0.3) is 0 Å². The molecule has 5 nitrogen and oxygen atoms in total. The summed E-state index contributed by atoms with van der Waals surface area (Å²) in [6.07, 6.45) is 1.47. The van der Waals surface area contributed by atoms with Gasteiger partial charge >= 0.3 is 0 Å². The summed E-state index contributed by atoms with van der Waals surface area (Å²) in [7, 11) is -3.66. The van der Waals surface area contributed by atoms with Crippen LogP contribution in [0.1, 0.15) is 30.3 Å². The van der Waals surface area contributed by atoms with Crippen LogP contribution in [0.5, 0.6) is 0 Å². The van der Waals surface area contributed by atoms with Crippen LogP contribution in [0.3, 0.4) is 0 Å². The van der Waals surface area contributed by atoms with Crippen molar-refractivity contribution < 1.29 is 12.9 Å². The fraction of sp³-hybridized carbons (Fsp3) is 0.357. The monoisotopic (exact) mass is 360 g/mol. The number of aromatic nitrogens is 1. The SMILES string of the molecule is Cc1cc(C2CCCN2S(=O)(=O)c2ccc(Cl)c(Cl)c2)on1. The number of benzene rings is 1. The Morgan fingerprint density at radius 3 is 2.68 bits per heavy atom. The number of rotatable bonds is 3. The summed E-state index contributed by atoms with van der Waals surface area (Å²) in [6, 6.07) is 5.76. The van der Waals surface area contributed by atoms with E-state index in [9.17, 15) is 8.42 Å². The third kappa shape index (κ3) is 2.76. The second kappa shape index (κ2) is 5.85. The highest BCUT2D eigenvalue weighted by Crippen LogP contribution is 2.37. The van der Waals surface area contributed by atoms with Crippen molar-refractivity contribution in [2.75, 3.05) is 6.54 Å². The van der Waals surface area contributed by atoms with Crippen LogP contribution in [0.4, 0.5) is 0 Å². The Balaban J connectivity index is 1.98. The Morgan fingerprint density at radius 1 is 1.27 bits per heavy atom. The van der Waals surface area contributed by atoms with Crippen LogP contribution in [0.15, 0.2) is 33.7 Å². The van der Waals surface area contributed by atoms with Crippen LogP contribution in [-0.2, 0) is 10.0 Å². The highest BCUT2D eigenvalue weighted by atomic mass is 35.5. The van der Waals surface area contributed by atoms with E-state index >= 15 is 0 Å². The van der Waals surface area contributed by atoms with Gasteiger partial charge in [-0.25, -0.2) is 8.42 Å². The minimum Gasteiger partial charge on any atom is -0.359 e. The molecule has 8 heteroatoms. The minimum absolute atomic E-state index is 0.130. The van der Waals surface area contributed by atoms with E-state index in [0.717, 1.165) is 12.1 Å². The van der Waals surface area contributed by atoms with Gasteiger partial charge in [-0.15, -0.1) is 0 Å². The van der Waals surface area contributed by atoms with Crippen LogP contribution < -0.4 is 0 Å². The second-order valence-electron chi connectivity index (χ2n) is 5.22. The van der Waals surface area contributed by atoms with E-state index in [1.807, 2.05) is 0 Å². The van der Waals surface area contributed by atoms with E-state index in [0.29, 0.717) is 23.7 Å². The average molecular weight is 361 g/mol. The predicted octanol–water partition coefficient (Wildman–Crippen LogP) is 3.82. The van der Waals surface area contributed by atoms with Gasteiger partial charge in [-0.2, -0.15) is 4.31 Å². The molecule has 1 unspecified atom stereocenters. The first-order valence-electron chi connectivity index (χ1n) is 6.80. The lowest BCUT2D eigenvalue weighted by Crippen LogP contribution is -2.30. The molecule has 0 N–H and O–H groups in total. The van der Waals surface area contributed by atoms with Crippen molar-refractivity contribution in [3.05, 3.63) is 45.8 Å². The molecule has 1 atom stereocenters. The Kier molecular flexibility index (Phi) is 4.20. The molecule has 1 aromatic carbocycles. The molecule has 0 aliphatic carbocycles. The third-order valence-corrected chi connectivity index (χ3v) is 6.32. The van der Waals surface area contributed by atoms with Crippen molar-refractivity contribution in [3.8, 4) is 0 Å². The molecule has 3 rings (SSSR count). The summed E-state index contributed by atoms with van der Waals surface area (Å²) in [5.74, 6) is 0.568. The highest BCUT2D eigenvalue weighted by molar-refractivity contribution is 7.89. The van der Waals surface area contributed by atoms with Crippen LogP contribution >= 0.6 is 23.2 Å². The van der Waals surface area contributed by atoms with Gasteiger partial charge < -0.3 is 4.52 Å². The number of hydrogen-bond donors (Lipinski definition) is 0. The zero-order chi connectivity index (χ0) is 15.9. The molecule has 1 fully saturated rings. The molecule has 2 heterocycles. The van der Waals surface area contributed by atoms with Gasteiger partial charge in [-0.3, -0.25) is 0 Å². The van der Waals surface area contributed by atoms with Crippen LogP contribution in [-0.4, -0.2) is 24.4 Å². The molecule has 1 saturated heterocycles. The maximum atomic E-state index is 12.9. The summed E-state index contributed by atoms with van der Waals surface area (Å²) in [5, 5.41) is 4.38. The maximum Gasteiger partial charge on any atom is 0.243 e. The molecule has 118 valence electrons. The lowest BCUT2D eigenvalue weighted by molar-refractivity contribution is 0.297. The first-order chi connectivity index (χ1) is 10.4. The zero-order valence-electron chi connectivity index (χ0n) is 11.8. The molecule has 0 saturated carbocycles. The maximum absolute atomic E-state index is 12.9. The Bertz CT molecular complexity index is 804. The van der Waals surface area contributed by atoms with Crippen molar-refractivity contribution in [3.63, 3.8) is 0 Å². The Morgan fingerprint density at radius 2 is 2.05 bits per heavy atom. The molecule has 2 aromatic rings. The van der Waals surface area contributed by atoms with Gasteiger partial charge in [0.1, 0.15) is 0 Å². The zero-order valence-corrected chi connectivity index (χ0v) is 14.1. The molecule has 1 aromatic heterocycles. The van der Waals surface area contributed by atoms with Gasteiger partial charge in [0.15, 0.2) is 5.76 Å². The number of sulfonamides is 1. The van der Waals surface area contributed by atoms with Gasteiger partial charge in [0.25, 0.3) is 0 Å². The van der Waals surface area contributed by atoms with Crippen LogP contribution in [0, 0.1) is 6.92 Å². The largest absolute Gasteiger partial charge is 0.359 e. The third-order valence-electron chi connectivity index (χ3n) is 3.68. The summed E-state index contributed by atoms with van der Waals surface area (Å²) < 4.78 is 32.4. The molecule has 1 aliphatic rings. The highest BCUT2D eigenvalue weighted by Gasteiger charge is 2.38. The lowest BCUT2D eigenvalue weighted by Gasteiger charge is -2.22. The standard InChI is InChI=1S/C14H14Cl2N2O3S/c1-9-7-14(21-17-9)13-3-2-6-18(13)22(19,20)10-4-5-11(15)12(16)8-10/h4-5,7-8,13H,2-3,6H2,1H3. The van der Waals surface area contributed by atoms with Crippen LogP contribution in [0.2, 0.25) is 10.0 Å². The summed E-state index contributed by atoms with van der Waals surface area (Å²) in [4.78, 5) is 0.130. The van der Waals surface area contributed by atoms with Crippen molar-refractivity contribution in [2.45, 2.75) is 30.7 Å². The molecule has 0 amide bonds. The van der Waals surface area contributed by atoms with E-state index in [-0.39, 0.29) is 16.0 Å². The van der Waals surface area contributed by atoms with Crippen molar-refractivity contribution in [1.82, 2.24) is 9.46 Å². The fourth-order valence-electron chi connectivity index (χ4n) is 2.63. The van der Waals surface area contributed by atoms with E-state index in [1.54, 1.807) is 13.0 Å². The number of nitrogens with zero attached hydrogens (tertiary/aromatic N) is 2. The van der Waals surface area contributed by atoms with Gasteiger partial charge in [0.05, 0.1) is 26.7 Å². The second-order valence-corrected chi connectivity index (χ2v) is 7.93. The number of aryl methyl sites for hydroxylation is 1. The molecule has 0 spiro atoms. The molecular weight excluding hydrogens is 347 g/mol. The van der Waals surface area contributed by atoms with Gasteiger partial charge in [0.2, 0.25) is 10.0 Å². The van der Waals surface area contributed by atoms with Gasteiger partial charge in [0, 0.05) is 12.6 Å². The lowest BCUT2D eigenvalue weighted by atomic mass is 10.2. The van der Waals surface area contributed by atoms with E-state index in [4.69, 9.17) is 27.7 Å². The Labute approximate surface area is 138 Å². The quantitative estimate of drug-likeness (QED) is 0.834. The van der Waals surface area contributed by atoms with E-state index < -0.39 is 10.0 Å². The molecule has 0 radical (unpaired) electrons.